The zero-order valence-corrected chi connectivity index (χ0v) is 13.2. The topological polar surface area (TPSA) is 59.1 Å². The van der Waals surface area contributed by atoms with Crippen LogP contribution in [0.3, 0.4) is 0 Å². The average molecular weight is 310 g/mol. The zero-order valence-electron chi connectivity index (χ0n) is 11.6. The van der Waals surface area contributed by atoms with Crippen molar-refractivity contribution in [2.45, 2.75) is 26.0 Å². The van der Waals surface area contributed by atoms with Crippen molar-refractivity contribution < 1.29 is 8.42 Å². The SMILES string of the molecule is Cc1ccc(CS(=O)(=O)NCCc2nc(C)cs2)cc1. The first-order valence-corrected chi connectivity index (χ1v) is 8.92. The standard InChI is InChI=1S/C14H18N2O2S2/c1-11-3-5-13(6-4-11)10-20(17,18)15-8-7-14-16-12(2)9-19-14/h3-6,9,15H,7-8,10H2,1-2H3. The van der Waals surface area contributed by atoms with Crippen LogP contribution in [0.15, 0.2) is 29.6 Å². The number of aryl methyl sites for hydroxylation is 2. The molecule has 0 bridgehead atoms. The van der Waals surface area contributed by atoms with Crippen molar-refractivity contribution in [2.24, 2.45) is 0 Å². The molecule has 0 fully saturated rings. The largest absolute Gasteiger partial charge is 0.247 e. The summed E-state index contributed by atoms with van der Waals surface area (Å²) in [6.07, 6.45) is 0.631. The second kappa shape index (κ2) is 6.47. The molecule has 1 aromatic carbocycles. The molecule has 2 aromatic rings. The van der Waals surface area contributed by atoms with Crippen molar-refractivity contribution in [1.29, 1.82) is 0 Å². The predicted octanol–water partition coefficient (Wildman–Crippen LogP) is 2.42. The van der Waals surface area contributed by atoms with Crippen LogP contribution >= 0.6 is 11.3 Å². The van der Waals surface area contributed by atoms with Gasteiger partial charge < -0.3 is 0 Å². The second-order valence-electron chi connectivity index (χ2n) is 4.77. The van der Waals surface area contributed by atoms with E-state index in [0.717, 1.165) is 21.8 Å². The first-order chi connectivity index (χ1) is 9.44. The minimum absolute atomic E-state index is 0.0180. The average Bonchev–Trinajstić information content (AvgIpc) is 2.77. The van der Waals surface area contributed by atoms with Gasteiger partial charge in [0.15, 0.2) is 0 Å². The smallest absolute Gasteiger partial charge is 0.215 e. The summed E-state index contributed by atoms with van der Waals surface area (Å²) < 4.78 is 26.5. The van der Waals surface area contributed by atoms with Crippen molar-refractivity contribution in [3.05, 3.63) is 51.5 Å². The maximum absolute atomic E-state index is 12.0. The molecule has 0 saturated carbocycles. The van der Waals surface area contributed by atoms with Crippen LogP contribution in [0.25, 0.3) is 0 Å². The highest BCUT2D eigenvalue weighted by atomic mass is 32.2. The van der Waals surface area contributed by atoms with E-state index in [-0.39, 0.29) is 5.75 Å². The van der Waals surface area contributed by atoms with Gasteiger partial charge in [0, 0.05) is 24.0 Å². The number of nitrogens with zero attached hydrogens (tertiary/aromatic N) is 1. The van der Waals surface area contributed by atoms with Gasteiger partial charge >= 0.3 is 0 Å². The third-order valence-electron chi connectivity index (χ3n) is 2.80. The Bertz CT molecular complexity index is 661. The summed E-state index contributed by atoms with van der Waals surface area (Å²) in [4.78, 5) is 4.31. The Labute approximate surface area is 123 Å². The van der Waals surface area contributed by atoms with Crippen molar-refractivity contribution in [3.8, 4) is 0 Å². The van der Waals surface area contributed by atoms with Crippen LogP contribution < -0.4 is 4.72 Å². The molecule has 0 saturated heterocycles. The molecule has 20 heavy (non-hydrogen) atoms. The van der Waals surface area contributed by atoms with Crippen molar-refractivity contribution in [3.63, 3.8) is 0 Å². The normalized spacial score (nSPS) is 11.7. The van der Waals surface area contributed by atoms with Gasteiger partial charge in [0.05, 0.1) is 10.8 Å². The lowest BCUT2D eigenvalue weighted by Crippen LogP contribution is -2.27. The summed E-state index contributed by atoms with van der Waals surface area (Å²) >= 11 is 1.56. The van der Waals surface area contributed by atoms with Crippen molar-refractivity contribution in [1.82, 2.24) is 9.71 Å². The van der Waals surface area contributed by atoms with Crippen LogP contribution in [-0.2, 0) is 22.2 Å². The van der Waals surface area contributed by atoms with E-state index in [4.69, 9.17) is 0 Å². The van der Waals surface area contributed by atoms with Crippen LogP contribution in [-0.4, -0.2) is 19.9 Å². The van der Waals surface area contributed by atoms with Crippen LogP contribution in [0.5, 0.6) is 0 Å². The van der Waals surface area contributed by atoms with Gasteiger partial charge in [-0.2, -0.15) is 0 Å². The third-order valence-corrected chi connectivity index (χ3v) is 5.19. The highest BCUT2D eigenvalue weighted by Crippen LogP contribution is 2.10. The maximum atomic E-state index is 12.0. The Hall–Kier alpha value is -1.24. The molecule has 0 radical (unpaired) electrons. The van der Waals surface area contributed by atoms with Gasteiger partial charge in [-0.25, -0.2) is 18.1 Å². The van der Waals surface area contributed by atoms with Crippen LogP contribution in [0.2, 0.25) is 0 Å². The fourth-order valence-corrected chi connectivity index (χ4v) is 3.71. The molecule has 1 heterocycles. The molecule has 1 N–H and O–H groups in total. The fourth-order valence-electron chi connectivity index (χ4n) is 1.79. The molecule has 6 heteroatoms. The molecule has 0 amide bonds. The maximum Gasteiger partial charge on any atom is 0.215 e. The van der Waals surface area contributed by atoms with E-state index >= 15 is 0 Å². The molecule has 0 aliphatic rings. The number of hydrogen-bond acceptors (Lipinski definition) is 4. The van der Waals surface area contributed by atoms with Gasteiger partial charge in [-0.1, -0.05) is 29.8 Å². The monoisotopic (exact) mass is 310 g/mol. The number of benzene rings is 1. The molecule has 0 unspecified atom stereocenters. The molecular formula is C14H18N2O2S2. The summed E-state index contributed by atoms with van der Waals surface area (Å²) in [5.41, 5.74) is 2.90. The first kappa shape index (κ1) is 15.2. The quantitative estimate of drug-likeness (QED) is 0.891. The van der Waals surface area contributed by atoms with Crippen molar-refractivity contribution in [2.75, 3.05) is 6.54 Å². The molecule has 0 spiro atoms. The summed E-state index contributed by atoms with van der Waals surface area (Å²) in [5, 5.41) is 2.93. The third kappa shape index (κ3) is 4.70. The lowest BCUT2D eigenvalue weighted by atomic mass is 10.2. The molecule has 1 aromatic heterocycles. The highest BCUT2D eigenvalue weighted by molar-refractivity contribution is 7.88. The first-order valence-electron chi connectivity index (χ1n) is 6.38. The van der Waals surface area contributed by atoms with Crippen molar-refractivity contribution >= 4 is 21.4 Å². The Kier molecular flexibility index (Phi) is 4.91. The van der Waals surface area contributed by atoms with Gasteiger partial charge in [-0.15, -0.1) is 11.3 Å². The lowest BCUT2D eigenvalue weighted by Gasteiger charge is -2.06. The molecule has 2 rings (SSSR count). The predicted molar refractivity (Wildman–Crippen MR) is 82.4 cm³/mol. The number of sulfonamides is 1. The Balaban J connectivity index is 1.86. The zero-order chi connectivity index (χ0) is 14.6. The highest BCUT2D eigenvalue weighted by Gasteiger charge is 2.11. The summed E-state index contributed by atoms with van der Waals surface area (Å²) in [7, 11) is -3.28. The molecule has 0 atom stereocenters. The van der Waals surface area contributed by atoms with Gasteiger partial charge in [0.25, 0.3) is 0 Å². The number of thiazole rings is 1. The number of hydrogen-bond donors (Lipinski definition) is 1. The number of rotatable bonds is 6. The lowest BCUT2D eigenvalue weighted by molar-refractivity contribution is 0.580. The van der Waals surface area contributed by atoms with Gasteiger partial charge in [-0.05, 0) is 19.4 Å². The van der Waals surface area contributed by atoms with Gasteiger partial charge in [0.2, 0.25) is 10.0 Å². The van der Waals surface area contributed by atoms with Gasteiger partial charge in [-0.3, -0.25) is 0 Å². The van der Waals surface area contributed by atoms with E-state index < -0.39 is 10.0 Å². The van der Waals surface area contributed by atoms with Crippen LogP contribution in [0, 0.1) is 13.8 Å². The van der Waals surface area contributed by atoms with Gasteiger partial charge in [0.1, 0.15) is 0 Å². The van der Waals surface area contributed by atoms with E-state index in [1.165, 1.54) is 0 Å². The Morgan fingerprint density at radius 1 is 1.20 bits per heavy atom. The Morgan fingerprint density at radius 2 is 1.90 bits per heavy atom. The van der Waals surface area contributed by atoms with E-state index in [9.17, 15) is 8.42 Å². The molecule has 0 aliphatic heterocycles. The second-order valence-corrected chi connectivity index (χ2v) is 7.52. The Morgan fingerprint density at radius 3 is 2.50 bits per heavy atom. The minimum atomic E-state index is -3.28. The summed E-state index contributed by atoms with van der Waals surface area (Å²) in [5.74, 6) is 0.0180. The molecule has 0 aliphatic carbocycles. The minimum Gasteiger partial charge on any atom is -0.247 e. The number of aromatic nitrogens is 1. The van der Waals surface area contributed by atoms with E-state index in [0.29, 0.717) is 13.0 Å². The van der Waals surface area contributed by atoms with E-state index in [1.807, 2.05) is 43.5 Å². The van der Waals surface area contributed by atoms with E-state index in [1.54, 1.807) is 11.3 Å². The number of nitrogens with one attached hydrogen (secondary N) is 1. The summed E-state index contributed by atoms with van der Waals surface area (Å²) in [6.45, 7) is 4.30. The molecule has 108 valence electrons. The van der Waals surface area contributed by atoms with Crippen LogP contribution in [0.1, 0.15) is 21.8 Å². The van der Waals surface area contributed by atoms with Crippen LogP contribution in [0.4, 0.5) is 0 Å². The van der Waals surface area contributed by atoms with E-state index in [2.05, 4.69) is 9.71 Å². The molecular weight excluding hydrogens is 292 g/mol. The summed E-state index contributed by atoms with van der Waals surface area (Å²) in [6, 6.07) is 7.53. The fraction of sp³-hybridized carbons (Fsp3) is 0.357. The molecule has 4 nitrogen and oxygen atoms in total.